The molecule has 0 saturated carbocycles. The monoisotopic (exact) mass is 253 g/mol. The molecule has 17 heavy (non-hydrogen) atoms. The first kappa shape index (κ1) is 12.7. The van der Waals surface area contributed by atoms with Crippen LogP contribution in [0.2, 0.25) is 5.02 Å². The summed E-state index contributed by atoms with van der Waals surface area (Å²) in [6, 6.07) is 5.76. The summed E-state index contributed by atoms with van der Waals surface area (Å²) in [7, 11) is 0. The Morgan fingerprint density at radius 1 is 1.47 bits per heavy atom. The molecule has 2 rings (SSSR count). The van der Waals surface area contributed by atoms with Gasteiger partial charge in [-0.05, 0) is 31.0 Å². The Kier molecular flexibility index (Phi) is 3.64. The highest BCUT2D eigenvalue weighted by Gasteiger charge is 2.37. The molecule has 0 spiro atoms. The van der Waals surface area contributed by atoms with Crippen molar-refractivity contribution in [3.63, 3.8) is 0 Å². The van der Waals surface area contributed by atoms with Gasteiger partial charge in [0.15, 0.2) is 0 Å². The number of hydrogen-bond donors (Lipinski definition) is 1. The number of ether oxygens (including phenoxy) is 1. The van der Waals surface area contributed by atoms with E-state index in [2.05, 4.69) is 13.8 Å². The van der Waals surface area contributed by atoms with E-state index >= 15 is 0 Å². The minimum Gasteiger partial charge on any atom is -0.487 e. The van der Waals surface area contributed by atoms with Crippen molar-refractivity contribution in [1.29, 1.82) is 0 Å². The summed E-state index contributed by atoms with van der Waals surface area (Å²) in [4.78, 5) is 0. The maximum atomic E-state index is 6.26. The number of benzene rings is 1. The van der Waals surface area contributed by atoms with E-state index in [1.54, 1.807) is 0 Å². The Hall–Kier alpha value is -0.730. The molecule has 0 bridgehead atoms. The number of rotatable bonds is 3. The summed E-state index contributed by atoms with van der Waals surface area (Å²) < 4.78 is 6.20. The standard InChI is InChI=1S/C14H20ClNO/c1-3-7-14(4-2)9-12(16)11-8-10(15)5-6-13(11)17-14/h5-6,8,12H,3-4,7,9,16H2,1-2H3. The highest BCUT2D eigenvalue weighted by Crippen LogP contribution is 2.42. The van der Waals surface area contributed by atoms with E-state index in [4.69, 9.17) is 22.1 Å². The van der Waals surface area contributed by atoms with Gasteiger partial charge in [-0.25, -0.2) is 0 Å². The average Bonchev–Trinajstić information content (AvgIpc) is 2.31. The molecule has 3 heteroatoms. The van der Waals surface area contributed by atoms with Crippen molar-refractivity contribution in [2.75, 3.05) is 0 Å². The highest BCUT2D eigenvalue weighted by molar-refractivity contribution is 6.30. The van der Waals surface area contributed by atoms with Gasteiger partial charge < -0.3 is 10.5 Å². The van der Waals surface area contributed by atoms with Gasteiger partial charge in [0.25, 0.3) is 0 Å². The summed E-state index contributed by atoms with van der Waals surface area (Å²) in [6.45, 7) is 4.35. The third-order valence-corrected chi connectivity index (χ3v) is 3.87. The lowest BCUT2D eigenvalue weighted by Crippen LogP contribution is -2.42. The van der Waals surface area contributed by atoms with Crippen LogP contribution in [-0.4, -0.2) is 5.60 Å². The van der Waals surface area contributed by atoms with Crippen molar-refractivity contribution >= 4 is 11.6 Å². The predicted molar refractivity (Wildman–Crippen MR) is 71.6 cm³/mol. The summed E-state index contributed by atoms with van der Waals surface area (Å²) in [5.74, 6) is 0.906. The summed E-state index contributed by atoms with van der Waals surface area (Å²) in [6.07, 6.45) is 4.05. The van der Waals surface area contributed by atoms with E-state index in [9.17, 15) is 0 Å². The Morgan fingerprint density at radius 3 is 2.88 bits per heavy atom. The minimum atomic E-state index is -0.0883. The van der Waals surface area contributed by atoms with Crippen LogP contribution in [0.3, 0.4) is 0 Å². The molecular formula is C14H20ClNO. The van der Waals surface area contributed by atoms with Crippen LogP contribution in [0.15, 0.2) is 18.2 Å². The van der Waals surface area contributed by atoms with Crippen molar-refractivity contribution in [2.45, 2.75) is 51.2 Å². The van der Waals surface area contributed by atoms with Gasteiger partial charge in [-0.1, -0.05) is 31.9 Å². The zero-order chi connectivity index (χ0) is 12.5. The normalized spacial score (nSPS) is 27.4. The molecule has 94 valence electrons. The molecule has 2 N–H and O–H groups in total. The molecule has 1 heterocycles. The molecule has 0 saturated heterocycles. The molecule has 2 unspecified atom stereocenters. The second kappa shape index (κ2) is 4.87. The van der Waals surface area contributed by atoms with Crippen LogP contribution in [-0.2, 0) is 0 Å². The zero-order valence-electron chi connectivity index (χ0n) is 10.5. The van der Waals surface area contributed by atoms with Gasteiger partial charge in [0.2, 0.25) is 0 Å². The van der Waals surface area contributed by atoms with Crippen LogP contribution in [0.4, 0.5) is 0 Å². The van der Waals surface area contributed by atoms with Gasteiger partial charge in [0.05, 0.1) is 0 Å². The summed E-state index contributed by atoms with van der Waals surface area (Å²) in [5.41, 5.74) is 7.21. The van der Waals surface area contributed by atoms with Crippen molar-refractivity contribution < 1.29 is 4.74 Å². The topological polar surface area (TPSA) is 35.2 Å². The summed E-state index contributed by atoms with van der Waals surface area (Å²) in [5, 5.41) is 0.724. The first-order chi connectivity index (χ1) is 8.10. The highest BCUT2D eigenvalue weighted by atomic mass is 35.5. The molecule has 0 aliphatic carbocycles. The predicted octanol–water partition coefficient (Wildman–Crippen LogP) is 4.07. The maximum Gasteiger partial charge on any atom is 0.125 e. The van der Waals surface area contributed by atoms with Gasteiger partial charge in [-0.2, -0.15) is 0 Å². The molecule has 0 fully saturated rings. The van der Waals surface area contributed by atoms with Crippen molar-refractivity contribution in [3.8, 4) is 5.75 Å². The lowest BCUT2D eigenvalue weighted by atomic mass is 9.83. The Bertz CT molecular complexity index is 407. The van der Waals surface area contributed by atoms with E-state index < -0.39 is 0 Å². The first-order valence-electron chi connectivity index (χ1n) is 6.34. The average molecular weight is 254 g/mol. The second-order valence-corrected chi connectivity index (χ2v) is 5.32. The molecule has 0 amide bonds. The number of hydrogen-bond acceptors (Lipinski definition) is 2. The number of nitrogens with two attached hydrogens (primary N) is 1. The van der Waals surface area contributed by atoms with Crippen LogP contribution in [0.1, 0.15) is 51.1 Å². The lowest BCUT2D eigenvalue weighted by Gasteiger charge is -2.41. The van der Waals surface area contributed by atoms with E-state index in [0.29, 0.717) is 0 Å². The molecule has 2 nitrogen and oxygen atoms in total. The van der Waals surface area contributed by atoms with Crippen LogP contribution in [0, 0.1) is 0 Å². The lowest BCUT2D eigenvalue weighted by molar-refractivity contribution is 0.0230. The van der Waals surface area contributed by atoms with Gasteiger partial charge >= 0.3 is 0 Å². The molecular weight excluding hydrogens is 234 g/mol. The fraction of sp³-hybridized carbons (Fsp3) is 0.571. The molecule has 1 aliphatic rings. The zero-order valence-corrected chi connectivity index (χ0v) is 11.3. The largest absolute Gasteiger partial charge is 0.487 e. The molecule has 2 atom stereocenters. The maximum absolute atomic E-state index is 6.26. The third kappa shape index (κ3) is 2.43. The first-order valence-corrected chi connectivity index (χ1v) is 6.72. The fourth-order valence-corrected chi connectivity index (χ4v) is 2.87. The fourth-order valence-electron chi connectivity index (χ4n) is 2.69. The molecule has 0 radical (unpaired) electrons. The van der Waals surface area contributed by atoms with Gasteiger partial charge in [0.1, 0.15) is 11.4 Å². The molecule has 1 aliphatic heterocycles. The number of halogens is 1. The summed E-state index contributed by atoms with van der Waals surface area (Å²) >= 11 is 6.00. The third-order valence-electron chi connectivity index (χ3n) is 3.64. The van der Waals surface area contributed by atoms with Crippen LogP contribution >= 0.6 is 11.6 Å². The van der Waals surface area contributed by atoms with Crippen LogP contribution in [0.25, 0.3) is 0 Å². The van der Waals surface area contributed by atoms with E-state index in [1.807, 2.05) is 18.2 Å². The van der Waals surface area contributed by atoms with Crippen LogP contribution < -0.4 is 10.5 Å². The van der Waals surface area contributed by atoms with Crippen molar-refractivity contribution in [3.05, 3.63) is 28.8 Å². The van der Waals surface area contributed by atoms with Gasteiger partial charge in [0, 0.05) is 23.0 Å². The smallest absolute Gasteiger partial charge is 0.125 e. The SMILES string of the molecule is CCCC1(CC)CC(N)c2cc(Cl)ccc2O1. The van der Waals surface area contributed by atoms with E-state index in [1.165, 1.54) is 0 Å². The molecule has 1 aromatic carbocycles. The van der Waals surface area contributed by atoms with Crippen LogP contribution in [0.5, 0.6) is 5.75 Å². The molecule has 0 aromatic heterocycles. The van der Waals surface area contributed by atoms with Gasteiger partial charge in [-0.15, -0.1) is 0 Å². The Morgan fingerprint density at radius 2 is 2.24 bits per heavy atom. The van der Waals surface area contributed by atoms with Gasteiger partial charge in [-0.3, -0.25) is 0 Å². The quantitative estimate of drug-likeness (QED) is 0.881. The Labute approximate surface area is 108 Å². The Balaban J connectivity index is 2.35. The molecule has 1 aromatic rings. The van der Waals surface area contributed by atoms with Crippen molar-refractivity contribution in [1.82, 2.24) is 0 Å². The minimum absolute atomic E-state index is 0.0314. The van der Waals surface area contributed by atoms with Crippen molar-refractivity contribution in [2.24, 2.45) is 5.73 Å². The number of fused-ring (bicyclic) bond motifs is 1. The second-order valence-electron chi connectivity index (χ2n) is 4.88. The van der Waals surface area contributed by atoms with E-state index in [0.717, 1.165) is 42.0 Å². The van der Waals surface area contributed by atoms with E-state index in [-0.39, 0.29) is 11.6 Å².